The van der Waals surface area contributed by atoms with Gasteiger partial charge in [-0.3, -0.25) is 0 Å². The van der Waals surface area contributed by atoms with Gasteiger partial charge in [0, 0.05) is 37.8 Å². The van der Waals surface area contributed by atoms with Gasteiger partial charge in [0.2, 0.25) is 0 Å². The van der Waals surface area contributed by atoms with Crippen molar-refractivity contribution < 1.29 is 29.1 Å². The lowest BCUT2D eigenvalue weighted by atomic mass is 9.79. The average Bonchev–Trinajstić information content (AvgIpc) is 3.24. The van der Waals surface area contributed by atoms with Crippen LogP contribution in [-0.2, 0) is 9.47 Å². The third-order valence-corrected chi connectivity index (χ3v) is 7.11. The Morgan fingerprint density at radius 3 is 2.05 bits per heavy atom. The number of nitrogens with zero attached hydrogens (tertiary/aromatic N) is 2. The van der Waals surface area contributed by atoms with Crippen molar-refractivity contribution in [2.24, 2.45) is 0 Å². The zero-order valence-corrected chi connectivity index (χ0v) is 22.5. The molecule has 2 aliphatic rings. The molecule has 0 radical (unpaired) electrons. The minimum Gasteiger partial charge on any atom is -0.456 e. The Bertz CT molecular complexity index is 1330. The van der Waals surface area contributed by atoms with Gasteiger partial charge in [0.25, 0.3) is 0 Å². The fourth-order valence-corrected chi connectivity index (χ4v) is 5.25. The van der Waals surface area contributed by atoms with E-state index < -0.39 is 18.7 Å². The van der Waals surface area contributed by atoms with Crippen LogP contribution in [0.15, 0.2) is 66.7 Å². The van der Waals surface area contributed by atoms with Gasteiger partial charge in [0.1, 0.15) is 12.2 Å². The average molecular weight is 528 g/mol. The van der Waals surface area contributed by atoms with Gasteiger partial charge < -0.3 is 29.3 Å². The first kappa shape index (κ1) is 26.8. The third-order valence-electron chi connectivity index (χ3n) is 7.11. The Hall–Kier alpha value is -3.82. The quantitative estimate of drug-likeness (QED) is 0.387. The van der Waals surface area contributed by atoms with E-state index in [1.165, 1.54) is 28.3 Å². The summed E-state index contributed by atoms with van der Waals surface area (Å²) in [5.74, 6) is -0.537. The maximum Gasteiger partial charge on any atom is 0.488 e. The van der Waals surface area contributed by atoms with Crippen LogP contribution in [0.25, 0.3) is 11.1 Å². The number of anilines is 1. The Morgan fingerprint density at radius 2 is 1.49 bits per heavy atom. The summed E-state index contributed by atoms with van der Waals surface area (Å²) in [6.07, 6.45) is -0.356. The lowest BCUT2D eigenvalue weighted by Crippen LogP contribution is -2.49. The molecule has 9 heteroatoms. The molecular weight excluding hydrogens is 495 g/mol. The van der Waals surface area contributed by atoms with Gasteiger partial charge in [-0.15, -0.1) is 0 Å². The Morgan fingerprint density at radius 1 is 0.897 bits per heavy atom. The maximum atomic E-state index is 13.0. The lowest BCUT2D eigenvalue weighted by Gasteiger charge is -2.36. The van der Waals surface area contributed by atoms with E-state index in [-0.39, 0.29) is 29.6 Å². The second kappa shape index (κ2) is 10.7. The number of benzene rings is 3. The largest absolute Gasteiger partial charge is 0.488 e. The molecule has 1 aliphatic carbocycles. The number of fused-ring (bicyclic) bond motifs is 3. The summed E-state index contributed by atoms with van der Waals surface area (Å²) in [7, 11) is -1.73. The van der Waals surface area contributed by atoms with Crippen LogP contribution in [0.2, 0.25) is 0 Å². The van der Waals surface area contributed by atoms with E-state index in [2.05, 4.69) is 24.3 Å². The molecule has 1 saturated heterocycles. The first-order valence-electron chi connectivity index (χ1n) is 13.2. The van der Waals surface area contributed by atoms with Crippen molar-refractivity contribution in [2.45, 2.75) is 32.3 Å². The highest BCUT2D eigenvalue weighted by molar-refractivity contribution is 6.58. The number of carbonyl (C=O) groups is 2. The second-order valence-electron chi connectivity index (χ2n) is 11.0. The highest BCUT2D eigenvalue weighted by Gasteiger charge is 2.31. The molecule has 3 aromatic carbocycles. The molecule has 0 atom stereocenters. The predicted octanol–water partition coefficient (Wildman–Crippen LogP) is 3.39. The van der Waals surface area contributed by atoms with Gasteiger partial charge in [-0.2, -0.15) is 0 Å². The number of hydrogen-bond acceptors (Lipinski definition) is 7. The summed E-state index contributed by atoms with van der Waals surface area (Å²) in [5.41, 5.74) is 5.13. The highest BCUT2D eigenvalue weighted by Crippen LogP contribution is 2.44. The van der Waals surface area contributed by atoms with Gasteiger partial charge in [-0.1, -0.05) is 48.5 Å². The molecule has 2 N–H and O–H groups in total. The van der Waals surface area contributed by atoms with Crippen LogP contribution in [-0.4, -0.2) is 72.5 Å². The van der Waals surface area contributed by atoms with Crippen LogP contribution >= 0.6 is 0 Å². The predicted molar refractivity (Wildman–Crippen MR) is 150 cm³/mol. The number of rotatable bonds is 5. The molecule has 0 spiro atoms. The van der Waals surface area contributed by atoms with Gasteiger partial charge in [-0.05, 0) is 66.7 Å². The lowest BCUT2D eigenvalue weighted by molar-refractivity contribution is 0.00695. The van der Waals surface area contributed by atoms with Crippen molar-refractivity contribution >= 4 is 30.3 Å². The smallest absolute Gasteiger partial charge is 0.456 e. The van der Waals surface area contributed by atoms with Crippen molar-refractivity contribution in [1.82, 2.24) is 4.90 Å². The number of carbonyl (C=O) groups excluding carboxylic acids is 2. The van der Waals surface area contributed by atoms with Gasteiger partial charge in [0.05, 0.1) is 5.56 Å². The zero-order chi connectivity index (χ0) is 27.7. The summed E-state index contributed by atoms with van der Waals surface area (Å²) >= 11 is 0. The van der Waals surface area contributed by atoms with Gasteiger partial charge in [-0.25, -0.2) is 9.59 Å². The number of amides is 1. The second-order valence-corrected chi connectivity index (χ2v) is 11.0. The maximum absolute atomic E-state index is 13.0. The third kappa shape index (κ3) is 5.79. The van der Waals surface area contributed by atoms with Crippen molar-refractivity contribution in [1.29, 1.82) is 0 Å². The number of piperazine rings is 1. The molecule has 0 bridgehead atoms. The van der Waals surface area contributed by atoms with Crippen molar-refractivity contribution in [3.8, 4) is 11.1 Å². The standard InChI is InChI=1S/C30H33BN2O6/c1-30(2,3)39-28(34)20-16-21(31(36)37)18-22(17-20)32-12-14-33(15-13-32)29(35)38-19-27-25-10-6-4-8-23(25)24-9-5-7-11-26(24)27/h4-11,16-18,27,36-37H,12-15,19H2,1-3H3. The molecule has 39 heavy (non-hydrogen) atoms. The normalized spacial score (nSPS) is 15.0. The van der Waals surface area contributed by atoms with E-state index in [4.69, 9.17) is 9.47 Å². The number of hydrogen-bond donors (Lipinski definition) is 2. The molecule has 8 nitrogen and oxygen atoms in total. The van der Waals surface area contributed by atoms with Gasteiger partial charge in [0.15, 0.2) is 0 Å². The van der Waals surface area contributed by atoms with E-state index >= 15 is 0 Å². The van der Waals surface area contributed by atoms with Crippen molar-refractivity contribution in [3.63, 3.8) is 0 Å². The first-order chi connectivity index (χ1) is 18.6. The zero-order valence-electron chi connectivity index (χ0n) is 22.5. The molecule has 1 aliphatic heterocycles. The fraction of sp³-hybridized carbons (Fsp3) is 0.333. The van der Waals surface area contributed by atoms with Crippen LogP contribution in [0, 0.1) is 0 Å². The molecule has 1 fully saturated rings. The van der Waals surface area contributed by atoms with Crippen LogP contribution in [0.3, 0.4) is 0 Å². The molecular formula is C30H33BN2O6. The molecule has 0 saturated carbocycles. The van der Waals surface area contributed by atoms with Crippen molar-refractivity contribution in [3.05, 3.63) is 83.4 Å². The van der Waals surface area contributed by atoms with E-state index in [0.29, 0.717) is 31.9 Å². The summed E-state index contributed by atoms with van der Waals surface area (Å²) < 4.78 is 11.3. The molecule has 1 heterocycles. The minimum atomic E-state index is -1.73. The Kier molecular flexibility index (Phi) is 7.38. The van der Waals surface area contributed by atoms with E-state index in [1.54, 1.807) is 37.8 Å². The summed E-state index contributed by atoms with van der Waals surface area (Å²) in [5, 5.41) is 19.6. The SMILES string of the molecule is CC(C)(C)OC(=O)c1cc(B(O)O)cc(N2CCN(C(=O)OCC3c4ccccc4-c4ccccc43)CC2)c1. The topological polar surface area (TPSA) is 99.5 Å². The van der Waals surface area contributed by atoms with Crippen molar-refractivity contribution in [2.75, 3.05) is 37.7 Å². The van der Waals surface area contributed by atoms with E-state index in [0.717, 1.165) is 0 Å². The number of ether oxygens (including phenoxy) is 2. The first-order valence-corrected chi connectivity index (χ1v) is 13.2. The van der Waals surface area contributed by atoms with Crippen LogP contribution in [0.4, 0.5) is 10.5 Å². The van der Waals surface area contributed by atoms with Crippen LogP contribution < -0.4 is 10.4 Å². The molecule has 0 aromatic heterocycles. The highest BCUT2D eigenvalue weighted by atomic mass is 16.6. The van der Waals surface area contributed by atoms with Gasteiger partial charge >= 0.3 is 19.2 Å². The summed E-state index contributed by atoms with van der Waals surface area (Å²) in [6, 6.07) is 21.2. The van der Waals surface area contributed by atoms with E-state index in [9.17, 15) is 19.6 Å². The molecule has 0 unspecified atom stereocenters. The van der Waals surface area contributed by atoms with E-state index in [1.807, 2.05) is 29.2 Å². The molecule has 1 amide bonds. The molecule has 3 aromatic rings. The Balaban J connectivity index is 1.23. The fourth-order valence-electron chi connectivity index (χ4n) is 5.25. The number of esters is 1. The summed E-state index contributed by atoms with van der Waals surface area (Å²) in [6.45, 7) is 7.47. The minimum absolute atomic E-state index is 0.00145. The van der Waals surface area contributed by atoms with Crippen LogP contribution in [0.1, 0.15) is 48.2 Å². The molecule has 5 rings (SSSR count). The monoisotopic (exact) mass is 528 g/mol. The Labute approximate surface area is 228 Å². The van der Waals surface area contributed by atoms with Crippen LogP contribution in [0.5, 0.6) is 0 Å². The molecule has 202 valence electrons. The summed E-state index contributed by atoms with van der Waals surface area (Å²) in [4.78, 5) is 29.4.